The Kier molecular flexibility index (Phi) is 2.78. The summed E-state index contributed by atoms with van der Waals surface area (Å²) in [5.74, 6) is 1.97. The molecule has 1 heterocycles. The minimum Gasteiger partial charge on any atom is -0.336 e. The summed E-state index contributed by atoms with van der Waals surface area (Å²) < 4.78 is 0. The summed E-state index contributed by atoms with van der Waals surface area (Å²) in [5, 5.41) is 0. The highest BCUT2D eigenvalue weighted by Gasteiger charge is 2.52. The second-order valence-corrected chi connectivity index (χ2v) is 5.57. The average molecular weight is 209 g/mol. The Balaban J connectivity index is 2.01. The SMILES string of the molecule is CCC(C)C(C)C(=O)N1C(C)CC2CC21. The maximum atomic E-state index is 12.3. The van der Waals surface area contributed by atoms with Crippen LogP contribution in [0.4, 0.5) is 0 Å². The van der Waals surface area contributed by atoms with Crippen LogP contribution in [0.2, 0.25) is 0 Å². The predicted octanol–water partition coefficient (Wildman–Crippen LogP) is 2.68. The molecule has 0 bridgehead atoms. The Morgan fingerprint density at radius 2 is 2.07 bits per heavy atom. The molecule has 1 aliphatic carbocycles. The third-order valence-electron chi connectivity index (χ3n) is 4.50. The number of piperidine rings is 1. The zero-order chi connectivity index (χ0) is 11.2. The first kappa shape index (κ1) is 11.0. The van der Waals surface area contributed by atoms with E-state index in [9.17, 15) is 4.79 Å². The number of carbonyl (C=O) groups is 1. The van der Waals surface area contributed by atoms with Crippen molar-refractivity contribution in [2.45, 2.75) is 59.0 Å². The molecule has 2 nitrogen and oxygen atoms in total. The van der Waals surface area contributed by atoms with E-state index in [-0.39, 0.29) is 5.92 Å². The summed E-state index contributed by atoms with van der Waals surface area (Å²) in [6.45, 7) is 8.65. The monoisotopic (exact) mass is 209 g/mol. The molecule has 0 aromatic rings. The molecule has 15 heavy (non-hydrogen) atoms. The minimum absolute atomic E-state index is 0.205. The van der Waals surface area contributed by atoms with Crippen LogP contribution in [-0.2, 0) is 4.79 Å². The molecule has 5 unspecified atom stereocenters. The number of fused-ring (bicyclic) bond motifs is 1. The molecule has 0 aromatic carbocycles. The van der Waals surface area contributed by atoms with E-state index >= 15 is 0 Å². The van der Waals surface area contributed by atoms with Crippen LogP contribution in [0.3, 0.4) is 0 Å². The average Bonchev–Trinajstić information content (AvgIpc) is 2.88. The maximum Gasteiger partial charge on any atom is 0.226 e. The summed E-state index contributed by atoms with van der Waals surface area (Å²) in [5.41, 5.74) is 0. The van der Waals surface area contributed by atoms with Crippen molar-refractivity contribution in [3.05, 3.63) is 0 Å². The smallest absolute Gasteiger partial charge is 0.226 e. The van der Waals surface area contributed by atoms with Gasteiger partial charge in [0.25, 0.3) is 0 Å². The van der Waals surface area contributed by atoms with Crippen LogP contribution < -0.4 is 0 Å². The first-order chi connectivity index (χ1) is 7.06. The number of carbonyl (C=O) groups excluding carboxylic acids is 1. The molecule has 2 rings (SSSR count). The first-order valence-electron chi connectivity index (χ1n) is 6.38. The van der Waals surface area contributed by atoms with Gasteiger partial charge in [0, 0.05) is 18.0 Å². The van der Waals surface area contributed by atoms with Gasteiger partial charge in [-0.05, 0) is 31.6 Å². The van der Waals surface area contributed by atoms with E-state index in [0.717, 1.165) is 12.3 Å². The molecule has 5 atom stereocenters. The van der Waals surface area contributed by atoms with E-state index in [1.54, 1.807) is 0 Å². The molecule has 0 N–H and O–H groups in total. The van der Waals surface area contributed by atoms with Crippen molar-refractivity contribution in [1.82, 2.24) is 4.90 Å². The second-order valence-electron chi connectivity index (χ2n) is 5.57. The molecular weight excluding hydrogens is 186 g/mol. The van der Waals surface area contributed by atoms with E-state index in [1.165, 1.54) is 12.8 Å². The standard InChI is InChI=1S/C13H23NO/c1-5-8(2)10(4)13(15)14-9(3)6-11-7-12(11)14/h8-12H,5-7H2,1-4H3. The Bertz CT molecular complexity index is 261. The summed E-state index contributed by atoms with van der Waals surface area (Å²) in [7, 11) is 0. The van der Waals surface area contributed by atoms with E-state index in [4.69, 9.17) is 0 Å². The Labute approximate surface area is 93.0 Å². The molecule has 2 aliphatic rings. The lowest BCUT2D eigenvalue weighted by Gasteiger charge is -2.29. The van der Waals surface area contributed by atoms with Crippen LogP contribution in [-0.4, -0.2) is 22.9 Å². The first-order valence-corrected chi connectivity index (χ1v) is 6.38. The third-order valence-corrected chi connectivity index (χ3v) is 4.50. The highest BCUT2D eigenvalue weighted by atomic mass is 16.2. The van der Waals surface area contributed by atoms with Gasteiger partial charge in [0.1, 0.15) is 0 Å². The van der Waals surface area contributed by atoms with Gasteiger partial charge in [-0.3, -0.25) is 4.79 Å². The molecule has 0 radical (unpaired) electrons. The van der Waals surface area contributed by atoms with E-state index in [2.05, 4.69) is 32.6 Å². The van der Waals surface area contributed by atoms with Crippen LogP contribution in [0, 0.1) is 17.8 Å². The number of rotatable bonds is 3. The van der Waals surface area contributed by atoms with Crippen LogP contribution >= 0.6 is 0 Å². The molecule has 86 valence electrons. The molecular formula is C13H23NO. The molecule has 1 amide bonds. The molecule has 2 heteroatoms. The summed E-state index contributed by atoms with van der Waals surface area (Å²) in [6, 6.07) is 1.10. The molecule has 0 aromatic heterocycles. The molecule has 1 saturated carbocycles. The zero-order valence-corrected chi connectivity index (χ0v) is 10.4. The summed E-state index contributed by atoms with van der Waals surface area (Å²) >= 11 is 0. The second kappa shape index (κ2) is 3.80. The number of nitrogens with zero attached hydrogens (tertiary/aromatic N) is 1. The van der Waals surface area contributed by atoms with E-state index < -0.39 is 0 Å². The predicted molar refractivity (Wildman–Crippen MR) is 61.4 cm³/mol. The van der Waals surface area contributed by atoms with Gasteiger partial charge in [-0.25, -0.2) is 0 Å². The Morgan fingerprint density at radius 1 is 1.40 bits per heavy atom. The number of hydrogen-bond acceptors (Lipinski definition) is 1. The summed E-state index contributed by atoms with van der Waals surface area (Å²) in [6.07, 6.45) is 3.61. The van der Waals surface area contributed by atoms with Gasteiger partial charge in [-0.2, -0.15) is 0 Å². The Hall–Kier alpha value is -0.530. The van der Waals surface area contributed by atoms with E-state index in [0.29, 0.717) is 23.9 Å². The molecule has 2 fully saturated rings. The minimum atomic E-state index is 0.205. The lowest BCUT2D eigenvalue weighted by Crippen LogP contribution is -2.41. The van der Waals surface area contributed by atoms with Crippen LogP contribution in [0.5, 0.6) is 0 Å². The van der Waals surface area contributed by atoms with Gasteiger partial charge in [0.2, 0.25) is 5.91 Å². The lowest BCUT2D eigenvalue weighted by atomic mass is 9.92. The van der Waals surface area contributed by atoms with Gasteiger partial charge in [-0.15, -0.1) is 0 Å². The van der Waals surface area contributed by atoms with Crippen molar-refractivity contribution in [3.8, 4) is 0 Å². The fraction of sp³-hybridized carbons (Fsp3) is 0.923. The van der Waals surface area contributed by atoms with Crippen molar-refractivity contribution in [2.75, 3.05) is 0 Å². The Morgan fingerprint density at radius 3 is 2.53 bits per heavy atom. The van der Waals surface area contributed by atoms with Crippen LogP contribution in [0.25, 0.3) is 0 Å². The van der Waals surface area contributed by atoms with Gasteiger partial charge >= 0.3 is 0 Å². The van der Waals surface area contributed by atoms with Gasteiger partial charge in [0.15, 0.2) is 0 Å². The molecule has 1 saturated heterocycles. The van der Waals surface area contributed by atoms with E-state index in [1.807, 2.05) is 0 Å². The number of likely N-dealkylation sites (tertiary alicyclic amines) is 1. The van der Waals surface area contributed by atoms with Gasteiger partial charge in [0.05, 0.1) is 0 Å². The van der Waals surface area contributed by atoms with Crippen molar-refractivity contribution in [1.29, 1.82) is 0 Å². The van der Waals surface area contributed by atoms with Crippen LogP contribution in [0.1, 0.15) is 47.0 Å². The quantitative estimate of drug-likeness (QED) is 0.700. The van der Waals surface area contributed by atoms with Crippen molar-refractivity contribution in [3.63, 3.8) is 0 Å². The normalized spacial score (nSPS) is 37.3. The van der Waals surface area contributed by atoms with Gasteiger partial charge in [-0.1, -0.05) is 27.2 Å². The zero-order valence-electron chi connectivity index (χ0n) is 10.4. The largest absolute Gasteiger partial charge is 0.336 e. The highest BCUT2D eigenvalue weighted by molar-refractivity contribution is 5.80. The molecule has 0 spiro atoms. The van der Waals surface area contributed by atoms with Crippen molar-refractivity contribution >= 4 is 5.91 Å². The lowest BCUT2D eigenvalue weighted by molar-refractivity contribution is -0.138. The maximum absolute atomic E-state index is 12.3. The van der Waals surface area contributed by atoms with Crippen molar-refractivity contribution < 1.29 is 4.79 Å². The highest BCUT2D eigenvalue weighted by Crippen LogP contribution is 2.48. The van der Waals surface area contributed by atoms with Crippen LogP contribution in [0.15, 0.2) is 0 Å². The van der Waals surface area contributed by atoms with Crippen molar-refractivity contribution in [2.24, 2.45) is 17.8 Å². The fourth-order valence-electron chi connectivity index (χ4n) is 2.92. The number of amides is 1. The fourth-order valence-corrected chi connectivity index (χ4v) is 2.92. The summed E-state index contributed by atoms with van der Waals surface area (Å²) in [4.78, 5) is 14.5. The van der Waals surface area contributed by atoms with Gasteiger partial charge < -0.3 is 4.90 Å². The third kappa shape index (κ3) is 1.79. The number of hydrogen-bond donors (Lipinski definition) is 0. The molecule has 1 aliphatic heterocycles. The topological polar surface area (TPSA) is 20.3 Å².